The van der Waals surface area contributed by atoms with Crippen molar-refractivity contribution in [1.82, 2.24) is 0 Å². The zero-order valence-electron chi connectivity index (χ0n) is 12.3. The van der Waals surface area contributed by atoms with Crippen LogP contribution in [0.25, 0.3) is 11.0 Å². The van der Waals surface area contributed by atoms with Crippen molar-refractivity contribution in [2.75, 3.05) is 21.3 Å². The number of ketones is 1. The van der Waals surface area contributed by atoms with Crippen LogP contribution in [0.3, 0.4) is 0 Å². The second-order valence-electron chi connectivity index (χ2n) is 4.69. The van der Waals surface area contributed by atoms with Crippen LogP contribution in [0.5, 0.6) is 17.2 Å². The van der Waals surface area contributed by atoms with Crippen LogP contribution in [0.2, 0.25) is 0 Å². The van der Waals surface area contributed by atoms with Gasteiger partial charge in [-0.1, -0.05) is 13.8 Å². The molecule has 0 unspecified atom stereocenters. The zero-order chi connectivity index (χ0) is 14.9. The van der Waals surface area contributed by atoms with Crippen LogP contribution in [0.1, 0.15) is 24.4 Å². The first-order chi connectivity index (χ1) is 9.53. The lowest BCUT2D eigenvalue weighted by atomic mass is 10.1. The average Bonchev–Trinajstić information content (AvgIpc) is 2.87. The SMILES string of the molecule is COc1cc2oc(C(=O)C(C)C)cc2c(OC)c1OC. The van der Waals surface area contributed by atoms with Crippen LogP contribution in [0, 0.1) is 5.92 Å². The van der Waals surface area contributed by atoms with E-state index in [0.717, 1.165) is 0 Å². The summed E-state index contributed by atoms with van der Waals surface area (Å²) in [5.74, 6) is 1.59. The topological polar surface area (TPSA) is 57.9 Å². The Hall–Kier alpha value is -2.17. The first-order valence-corrected chi connectivity index (χ1v) is 6.30. The molecule has 0 atom stereocenters. The molecule has 0 amide bonds. The van der Waals surface area contributed by atoms with Gasteiger partial charge in [-0.15, -0.1) is 0 Å². The summed E-state index contributed by atoms with van der Waals surface area (Å²) in [7, 11) is 4.60. The molecule has 0 aliphatic heterocycles. The molecule has 0 spiro atoms. The lowest BCUT2D eigenvalue weighted by molar-refractivity contribution is 0.0913. The second-order valence-corrected chi connectivity index (χ2v) is 4.69. The van der Waals surface area contributed by atoms with Gasteiger partial charge in [0.25, 0.3) is 0 Å². The van der Waals surface area contributed by atoms with Crippen LogP contribution in [-0.4, -0.2) is 27.1 Å². The summed E-state index contributed by atoms with van der Waals surface area (Å²) in [4.78, 5) is 12.0. The molecule has 2 aromatic rings. The Bertz CT molecular complexity index is 639. The number of hydrogen-bond acceptors (Lipinski definition) is 5. The van der Waals surface area contributed by atoms with Gasteiger partial charge in [-0.3, -0.25) is 4.79 Å². The Morgan fingerprint density at radius 1 is 1.05 bits per heavy atom. The molecule has 0 saturated heterocycles. The molecule has 5 heteroatoms. The Morgan fingerprint density at radius 3 is 2.20 bits per heavy atom. The second kappa shape index (κ2) is 5.45. The fraction of sp³-hybridized carbons (Fsp3) is 0.400. The Labute approximate surface area is 117 Å². The summed E-state index contributed by atoms with van der Waals surface area (Å²) in [6.07, 6.45) is 0. The van der Waals surface area contributed by atoms with Gasteiger partial charge in [0.05, 0.1) is 26.7 Å². The van der Waals surface area contributed by atoms with Crippen molar-refractivity contribution < 1.29 is 23.4 Å². The van der Waals surface area contributed by atoms with Crippen LogP contribution < -0.4 is 14.2 Å². The van der Waals surface area contributed by atoms with E-state index in [-0.39, 0.29) is 11.7 Å². The van der Waals surface area contributed by atoms with E-state index >= 15 is 0 Å². The van der Waals surface area contributed by atoms with Crippen molar-refractivity contribution in [2.24, 2.45) is 5.92 Å². The molecule has 1 heterocycles. The van der Waals surface area contributed by atoms with Crippen molar-refractivity contribution in [1.29, 1.82) is 0 Å². The molecular weight excluding hydrogens is 260 g/mol. The number of fused-ring (bicyclic) bond motifs is 1. The zero-order valence-corrected chi connectivity index (χ0v) is 12.3. The molecule has 0 aliphatic carbocycles. The molecule has 0 N–H and O–H groups in total. The molecule has 1 aromatic heterocycles. The van der Waals surface area contributed by atoms with E-state index in [1.807, 2.05) is 13.8 Å². The number of hydrogen-bond donors (Lipinski definition) is 0. The highest BCUT2D eigenvalue weighted by atomic mass is 16.5. The predicted molar refractivity (Wildman–Crippen MR) is 75.0 cm³/mol. The highest BCUT2D eigenvalue weighted by Crippen LogP contribution is 2.44. The highest BCUT2D eigenvalue weighted by Gasteiger charge is 2.22. The molecular formula is C15H18O5. The number of Topliss-reactive ketones (excluding diaryl/α,β-unsaturated/α-hetero) is 1. The molecule has 0 radical (unpaired) electrons. The summed E-state index contributed by atoms with van der Waals surface area (Å²) in [5.41, 5.74) is 0.531. The summed E-state index contributed by atoms with van der Waals surface area (Å²) in [6, 6.07) is 3.37. The number of benzene rings is 1. The van der Waals surface area contributed by atoms with E-state index < -0.39 is 0 Å². The molecule has 2 rings (SSSR count). The normalized spacial score (nSPS) is 10.9. The summed E-state index contributed by atoms with van der Waals surface area (Å²) in [5, 5.41) is 0.689. The average molecular weight is 278 g/mol. The maximum absolute atomic E-state index is 12.0. The Kier molecular flexibility index (Phi) is 3.88. The summed E-state index contributed by atoms with van der Waals surface area (Å²) < 4.78 is 21.5. The first-order valence-electron chi connectivity index (χ1n) is 6.30. The smallest absolute Gasteiger partial charge is 0.204 e. The number of methoxy groups -OCH3 is 3. The molecule has 20 heavy (non-hydrogen) atoms. The van der Waals surface area contributed by atoms with Gasteiger partial charge >= 0.3 is 0 Å². The maximum atomic E-state index is 12.0. The monoisotopic (exact) mass is 278 g/mol. The summed E-state index contributed by atoms with van der Waals surface area (Å²) in [6.45, 7) is 3.65. The van der Waals surface area contributed by atoms with Gasteiger partial charge in [0.15, 0.2) is 17.3 Å². The standard InChI is InChI=1S/C15H18O5/c1-8(2)13(16)11-6-9-10(20-11)7-12(17-3)15(19-5)14(9)18-4/h6-8H,1-5H3. The largest absolute Gasteiger partial charge is 0.493 e. The minimum atomic E-state index is -0.134. The van der Waals surface area contributed by atoms with E-state index in [4.69, 9.17) is 18.6 Å². The molecule has 1 aromatic carbocycles. The molecule has 0 saturated carbocycles. The molecule has 0 bridgehead atoms. The number of carbonyl (C=O) groups is 1. The minimum Gasteiger partial charge on any atom is -0.493 e. The maximum Gasteiger partial charge on any atom is 0.204 e. The van der Waals surface area contributed by atoms with E-state index in [1.165, 1.54) is 21.3 Å². The van der Waals surface area contributed by atoms with Crippen molar-refractivity contribution in [3.05, 3.63) is 17.9 Å². The number of ether oxygens (including phenoxy) is 3. The van der Waals surface area contributed by atoms with Gasteiger partial charge in [-0.2, -0.15) is 0 Å². The lowest BCUT2D eigenvalue weighted by Gasteiger charge is -2.11. The van der Waals surface area contributed by atoms with E-state index in [1.54, 1.807) is 12.1 Å². The number of rotatable bonds is 5. The fourth-order valence-electron chi connectivity index (χ4n) is 2.06. The van der Waals surface area contributed by atoms with Crippen molar-refractivity contribution >= 4 is 16.8 Å². The van der Waals surface area contributed by atoms with Crippen LogP contribution in [0.4, 0.5) is 0 Å². The van der Waals surface area contributed by atoms with Crippen LogP contribution in [0.15, 0.2) is 16.5 Å². The predicted octanol–water partition coefficient (Wildman–Crippen LogP) is 3.30. The van der Waals surface area contributed by atoms with Gasteiger partial charge in [0, 0.05) is 12.0 Å². The van der Waals surface area contributed by atoms with Gasteiger partial charge in [0.1, 0.15) is 5.58 Å². The third kappa shape index (κ3) is 2.19. The van der Waals surface area contributed by atoms with E-state index in [0.29, 0.717) is 34.0 Å². The van der Waals surface area contributed by atoms with Gasteiger partial charge < -0.3 is 18.6 Å². The van der Waals surface area contributed by atoms with E-state index in [9.17, 15) is 4.79 Å². The lowest BCUT2D eigenvalue weighted by Crippen LogP contribution is -2.05. The highest BCUT2D eigenvalue weighted by molar-refractivity contribution is 6.01. The molecule has 5 nitrogen and oxygen atoms in total. The van der Waals surface area contributed by atoms with Crippen molar-refractivity contribution in [3.63, 3.8) is 0 Å². The minimum absolute atomic E-state index is 0.0545. The van der Waals surface area contributed by atoms with Crippen molar-refractivity contribution in [2.45, 2.75) is 13.8 Å². The first kappa shape index (κ1) is 14.2. The Morgan fingerprint density at radius 2 is 1.70 bits per heavy atom. The third-order valence-corrected chi connectivity index (χ3v) is 3.09. The third-order valence-electron chi connectivity index (χ3n) is 3.09. The molecule has 108 valence electrons. The summed E-state index contributed by atoms with van der Waals surface area (Å²) >= 11 is 0. The van der Waals surface area contributed by atoms with Crippen molar-refractivity contribution in [3.8, 4) is 17.2 Å². The van der Waals surface area contributed by atoms with Crippen LogP contribution in [-0.2, 0) is 0 Å². The van der Waals surface area contributed by atoms with Gasteiger partial charge in [0.2, 0.25) is 11.5 Å². The van der Waals surface area contributed by atoms with Crippen LogP contribution >= 0.6 is 0 Å². The quantitative estimate of drug-likeness (QED) is 0.785. The fourth-order valence-corrected chi connectivity index (χ4v) is 2.06. The number of carbonyl (C=O) groups excluding carboxylic acids is 1. The number of furan rings is 1. The van der Waals surface area contributed by atoms with E-state index in [2.05, 4.69) is 0 Å². The molecule has 0 aliphatic rings. The van der Waals surface area contributed by atoms with Gasteiger partial charge in [-0.25, -0.2) is 0 Å². The molecule has 0 fully saturated rings. The Balaban J connectivity index is 2.70. The van der Waals surface area contributed by atoms with Gasteiger partial charge in [-0.05, 0) is 6.07 Å².